The quantitative estimate of drug-likeness (QED) is 0.473. The van der Waals surface area contributed by atoms with Gasteiger partial charge in [0.25, 0.3) is 0 Å². The lowest BCUT2D eigenvalue weighted by molar-refractivity contribution is -0.148. The van der Waals surface area contributed by atoms with Crippen LogP contribution in [-0.4, -0.2) is 28.4 Å². The molecule has 0 aliphatic rings. The molecule has 0 radical (unpaired) electrons. The second kappa shape index (κ2) is 10.8. The summed E-state index contributed by atoms with van der Waals surface area (Å²) >= 11 is 0. The van der Waals surface area contributed by atoms with Crippen molar-refractivity contribution in [2.24, 2.45) is 11.1 Å². The molecule has 0 fully saturated rings. The summed E-state index contributed by atoms with van der Waals surface area (Å²) in [5, 5.41) is 2.74. The zero-order valence-corrected chi connectivity index (χ0v) is 19.7. The van der Waals surface area contributed by atoms with Crippen LogP contribution in [0.4, 0.5) is 0 Å². The van der Waals surface area contributed by atoms with Crippen LogP contribution in [0.5, 0.6) is 0 Å². The van der Waals surface area contributed by atoms with Gasteiger partial charge in [0.15, 0.2) is 0 Å². The van der Waals surface area contributed by atoms with E-state index in [0.717, 1.165) is 16.7 Å². The molecule has 0 aliphatic carbocycles. The van der Waals surface area contributed by atoms with Gasteiger partial charge in [0.2, 0.25) is 11.8 Å². The van der Waals surface area contributed by atoms with Crippen LogP contribution >= 0.6 is 0 Å². The van der Waals surface area contributed by atoms with E-state index in [-0.39, 0.29) is 13.0 Å². The minimum atomic E-state index is -0.912. The molecule has 2 amide bonds. The highest BCUT2D eigenvalue weighted by Crippen LogP contribution is 2.25. The van der Waals surface area contributed by atoms with Crippen LogP contribution in [0, 0.1) is 5.41 Å². The predicted octanol–water partition coefficient (Wildman–Crippen LogP) is 3.85. The minimum Gasteiger partial charge on any atom is -0.461 e. The van der Waals surface area contributed by atoms with Gasteiger partial charge < -0.3 is 20.4 Å². The SMILES string of the molecule is CC(C)(C)C(NC(=O)C(CC(=O)OCc1ccccc1)n1ccc(-c2ccccc2)c1)C(N)=O. The third-order valence-corrected chi connectivity index (χ3v) is 5.52. The maximum absolute atomic E-state index is 13.3. The van der Waals surface area contributed by atoms with E-state index < -0.39 is 35.3 Å². The van der Waals surface area contributed by atoms with Crippen LogP contribution in [0.1, 0.15) is 38.8 Å². The van der Waals surface area contributed by atoms with Gasteiger partial charge in [0, 0.05) is 12.4 Å². The molecule has 0 bridgehead atoms. The van der Waals surface area contributed by atoms with Crippen molar-refractivity contribution in [3.63, 3.8) is 0 Å². The molecule has 0 saturated heterocycles. The summed E-state index contributed by atoms with van der Waals surface area (Å²) in [5.74, 6) is -1.64. The lowest BCUT2D eigenvalue weighted by Crippen LogP contribution is -2.53. The van der Waals surface area contributed by atoms with E-state index in [1.165, 1.54) is 0 Å². The number of esters is 1. The van der Waals surface area contributed by atoms with Crippen molar-refractivity contribution in [3.8, 4) is 11.1 Å². The van der Waals surface area contributed by atoms with Gasteiger partial charge in [-0.15, -0.1) is 0 Å². The Morgan fingerprint density at radius 1 is 0.941 bits per heavy atom. The van der Waals surface area contributed by atoms with E-state index in [1.807, 2.05) is 87.5 Å². The minimum absolute atomic E-state index is 0.112. The van der Waals surface area contributed by atoms with Gasteiger partial charge in [-0.05, 0) is 28.2 Å². The summed E-state index contributed by atoms with van der Waals surface area (Å²) in [5.41, 5.74) is 7.70. The van der Waals surface area contributed by atoms with Crippen LogP contribution in [-0.2, 0) is 25.7 Å². The third kappa shape index (κ3) is 6.57. The van der Waals surface area contributed by atoms with E-state index in [1.54, 1.807) is 17.0 Å². The van der Waals surface area contributed by atoms with Crippen molar-refractivity contribution in [1.82, 2.24) is 9.88 Å². The average Bonchev–Trinajstić information content (AvgIpc) is 3.30. The van der Waals surface area contributed by atoms with Crippen LogP contribution in [0.25, 0.3) is 11.1 Å². The summed E-state index contributed by atoms with van der Waals surface area (Å²) in [7, 11) is 0. The molecule has 3 N–H and O–H groups in total. The fraction of sp³-hybridized carbons (Fsp3) is 0.296. The fourth-order valence-electron chi connectivity index (χ4n) is 3.65. The molecule has 7 nitrogen and oxygen atoms in total. The number of ether oxygens (including phenoxy) is 1. The number of aromatic nitrogens is 1. The molecule has 0 spiro atoms. The zero-order valence-electron chi connectivity index (χ0n) is 19.7. The van der Waals surface area contributed by atoms with Gasteiger partial charge in [0.05, 0.1) is 6.42 Å². The van der Waals surface area contributed by atoms with Gasteiger partial charge >= 0.3 is 5.97 Å². The zero-order chi connectivity index (χ0) is 24.7. The molecule has 3 rings (SSSR count). The van der Waals surface area contributed by atoms with Gasteiger partial charge in [-0.25, -0.2) is 0 Å². The first-order valence-electron chi connectivity index (χ1n) is 11.2. The number of primary amides is 1. The number of benzene rings is 2. The molecule has 2 atom stereocenters. The molecular weight excluding hydrogens is 430 g/mol. The van der Waals surface area contributed by atoms with E-state index >= 15 is 0 Å². The van der Waals surface area contributed by atoms with Gasteiger partial charge in [-0.2, -0.15) is 0 Å². The molecular formula is C27H31N3O4. The van der Waals surface area contributed by atoms with Gasteiger partial charge in [-0.1, -0.05) is 81.4 Å². The number of nitrogens with two attached hydrogens (primary N) is 1. The molecule has 1 aromatic heterocycles. The van der Waals surface area contributed by atoms with E-state index in [0.29, 0.717) is 0 Å². The Morgan fingerprint density at radius 3 is 2.15 bits per heavy atom. The number of rotatable bonds is 9. The van der Waals surface area contributed by atoms with Crippen molar-refractivity contribution in [3.05, 3.63) is 84.7 Å². The van der Waals surface area contributed by atoms with Crippen LogP contribution in [0.15, 0.2) is 79.1 Å². The average molecular weight is 462 g/mol. The van der Waals surface area contributed by atoms with Crippen LogP contribution in [0.3, 0.4) is 0 Å². The van der Waals surface area contributed by atoms with Gasteiger partial charge in [0.1, 0.15) is 18.7 Å². The molecule has 178 valence electrons. The molecule has 3 aromatic rings. The first-order chi connectivity index (χ1) is 16.1. The van der Waals surface area contributed by atoms with Crippen molar-refractivity contribution in [1.29, 1.82) is 0 Å². The highest BCUT2D eigenvalue weighted by Gasteiger charge is 2.34. The number of carbonyl (C=O) groups excluding carboxylic acids is 3. The number of nitrogens with zero attached hydrogens (tertiary/aromatic N) is 1. The maximum Gasteiger partial charge on any atom is 0.308 e. The van der Waals surface area contributed by atoms with Crippen molar-refractivity contribution < 1.29 is 19.1 Å². The number of nitrogens with one attached hydrogen (secondary N) is 1. The maximum atomic E-state index is 13.3. The molecule has 34 heavy (non-hydrogen) atoms. The number of hydrogen-bond donors (Lipinski definition) is 2. The predicted molar refractivity (Wildman–Crippen MR) is 130 cm³/mol. The molecule has 0 aliphatic heterocycles. The normalized spacial score (nSPS) is 13.0. The highest BCUT2D eigenvalue weighted by molar-refractivity contribution is 5.90. The Bertz CT molecular complexity index is 1120. The Balaban J connectivity index is 1.82. The Kier molecular flexibility index (Phi) is 7.89. The molecule has 2 unspecified atom stereocenters. The second-order valence-corrected chi connectivity index (χ2v) is 9.29. The monoisotopic (exact) mass is 461 g/mol. The fourth-order valence-corrected chi connectivity index (χ4v) is 3.65. The van der Waals surface area contributed by atoms with Crippen LogP contribution < -0.4 is 11.1 Å². The molecule has 1 heterocycles. The summed E-state index contributed by atoms with van der Waals surface area (Å²) in [6.45, 7) is 5.56. The largest absolute Gasteiger partial charge is 0.461 e. The van der Waals surface area contributed by atoms with Gasteiger partial charge in [-0.3, -0.25) is 14.4 Å². The van der Waals surface area contributed by atoms with E-state index in [4.69, 9.17) is 10.5 Å². The first kappa shape index (κ1) is 24.8. The Hall–Kier alpha value is -3.87. The summed E-state index contributed by atoms with van der Waals surface area (Å²) in [6, 6.07) is 19.1. The number of amides is 2. The standard InChI is InChI=1S/C27H31N3O4/c1-27(2,3)24(25(28)32)29-26(33)22(16-23(31)34-18-19-10-6-4-7-11-19)30-15-14-21(17-30)20-12-8-5-9-13-20/h4-15,17,22,24H,16,18H2,1-3H3,(H2,28,32)(H,29,33). The van der Waals surface area contributed by atoms with Crippen LogP contribution in [0.2, 0.25) is 0 Å². The molecule has 2 aromatic carbocycles. The van der Waals surface area contributed by atoms with Crippen molar-refractivity contribution >= 4 is 17.8 Å². The van der Waals surface area contributed by atoms with E-state index in [9.17, 15) is 14.4 Å². The lowest BCUT2D eigenvalue weighted by Gasteiger charge is -2.30. The summed E-state index contributed by atoms with van der Waals surface area (Å²) < 4.78 is 7.09. The molecule has 7 heteroatoms. The summed E-state index contributed by atoms with van der Waals surface area (Å²) in [6.07, 6.45) is 3.35. The summed E-state index contributed by atoms with van der Waals surface area (Å²) in [4.78, 5) is 38.0. The smallest absolute Gasteiger partial charge is 0.308 e. The third-order valence-electron chi connectivity index (χ3n) is 5.52. The lowest BCUT2D eigenvalue weighted by atomic mass is 9.86. The van der Waals surface area contributed by atoms with E-state index in [2.05, 4.69) is 5.32 Å². The Labute approximate surface area is 199 Å². The first-order valence-corrected chi connectivity index (χ1v) is 11.2. The highest BCUT2D eigenvalue weighted by atomic mass is 16.5. The number of hydrogen-bond acceptors (Lipinski definition) is 4. The molecule has 0 saturated carbocycles. The Morgan fingerprint density at radius 2 is 1.56 bits per heavy atom. The second-order valence-electron chi connectivity index (χ2n) is 9.29. The van der Waals surface area contributed by atoms with Crippen molar-refractivity contribution in [2.45, 2.75) is 45.9 Å². The van der Waals surface area contributed by atoms with Crippen molar-refractivity contribution in [2.75, 3.05) is 0 Å². The topological polar surface area (TPSA) is 103 Å². The number of carbonyl (C=O) groups is 3.